The molecule has 0 saturated carbocycles. The molecule has 0 N–H and O–H groups in total. The maximum Gasteiger partial charge on any atom is 0.490 e. The van der Waals surface area contributed by atoms with Crippen LogP contribution < -0.4 is 0 Å². The fraction of sp³-hybridized carbons (Fsp3) is 0.625. The molecule has 0 aliphatic rings. The van der Waals surface area contributed by atoms with Crippen molar-refractivity contribution in [1.82, 2.24) is 14.8 Å². The van der Waals surface area contributed by atoms with E-state index in [1.165, 1.54) is 11.0 Å². The zero-order valence-electron chi connectivity index (χ0n) is 8.42. The Morgan fingerprint density at radius 1 is 1.60 bits per heavy atom. The first-order chi connectivity index (χ1) is 7.09. The maximum absolute atomic E-state index is 10.6. The van der Waals surface area contributed by atoms with Gasteiger partial charge in [-0.1, -0.05) is 4.98 Å². The molecule has 82 valence electrons. The molecule has 15 heavy (non-hydrogen) atoms. The van der Waals surface area contributed by atoms with E-state index in [1.54, 1.807) is 6.92 Å². The van der Waals surface area contributed by atoms with Crippen molar-refractivity contribution in [2.24, 2.45) is 0 Å². The Balaban J connectivity index is 2.31. The van der Waals surface area contributed by atoms with Gasteiger partial charge in [-0.25, -0.2) is 0 Å². The van der Waals surface area contributed by atoms with Crippen LogP contribution >= 0.6 is 0 Å². The molecule has 0 aliphatic heterocycles. The molecule has 0 atom stereocenters. The summed E-state index contributed by atoms with van der Waals surface area (Å²) in [6.45, 7) is 2.09. The van der Waals surface area contributed by atoms with Crippen LogP contribution in [0.4, 0.5) is 5.95 Å². The number of rotatable bonds is 6. The van der Waals surface area contributed by atoms with E-state index in [-0.39, 0.29) is 11.7 Å². The van der Waals surface area contributed by atoms with Gasteiger partial charge < -0.3 is 14.9 Å². The zero-order valence-corrected chi connectivity index (χ0v) is 8.42. The monoisotopic (exact) mass is 212 g/mol. The third-order valence-corrected chi connectivity index (χ3v) is 1.85. The summed E-state index contributed by atoms with van der Waals surface area (Å²) < 4.78 is 1.41. The van der Waals surface area contributed by atoms with Gasteiger partial charge in [0, 0.05) is 11.5 Å². The van der Waals surface area contributed by atoms with Crippen LogP contribution in [0.15, 0.2) is 6.33 Å². The van der Waals surface area contributed by atoms with Crippen molar-refractivity contribution in [2.45, 2.75) is 32.7 Å². The van der Waals surface area contributed by atoms with Crippen molar-refractivity contribution in [3.63, 3.8) is 0 Å². The molecule has 7 heteroatoms. The highest BCUT2D eigenvalue weighted by molar-refractivity contribution is 5.75. The number of aromatic nitrogens is 3. The lowest BCUT2D eigenvalue weighted by Crippen LogP contribution is -2.00. The average molecular weight is 212 g/mol. The predicted octanol–water partition coefficient (Wildman–Crippen LogP) is 0.946. The van der Waals surface area contributed by atoms with Gasteiger partial charge in [-0.2, -0.15) is 4.68 Å². The summed E-state index contributed by atoms with van der Waals surface area (Å²) in [4.78, 5) is 23.8. The van der Waals surface area contributed by atoms with Crippen molar-refractivity contribution in [1.29, 1.82) is 0 Å². The van der Waals surface area contributed by atoms with E-state index >= 15 is 0 Å². The number of ketones is 1. The van der Waals surface area contributed by atoms with Gasteiger partial charge in [0.25, 0.3) is 0 Å². The lowest BCUT2D eigenvalue weighted by molar-refractivity contribution is -0.394. The van der Waals surface area contributed by atoms with E-state index in [1.807, 2.05) is 0 Å². The summed E-state index contributed by atoms with van der Waals surface area (Å²) in [5.74, 6) is -0.235. The average Bonchev–Trinajstić information content (AvgIpc) is 2.60. The molecule has 0 fully saturated rings. The molecule has 0 aromatic carbocycles. The number of carbonyl (C=O) groups excluding carboxylic acids is 1. The fourth-order valence-corrected chi connectivity index (χ4v) is 1.12. The predicted molar refractivity (Wildman–Crippen MR) is 51.2 cm³/mol. The van der Waals surface area contributed by atoms with Crippen LogP contribution in [0, 0.1) is 10.1 Å². The lowest BCUT2D eigenvalue weighted by atomic mass is 10.2. The molecule has 0 saturated heterocycles. The Kier molecular flexibility index (Phi) is 3.90. The number of aryl methyl sites for hydroxylation is 1. The van der Waals surface area contributed by atoms with Crippen LogP contribution in [0.3, 0.4) is 0 Å². The van der Waals surface area contributed by atoms with Gasteiger partial charge in [0.2, 0.25) is 6.33 Å². The van der Waals surface area contributed by atoms with Crippen LogP contribution in [0.25, 0.3) is 0 Å². The van der Waals surface area contributed by atoms with Gasteiger partial charge in [0.1, 0.15) is 5.78 Å². The number of unbranched alkanes of at least 4 members (excludes halogenated alkanes) is 1. The van der Waals surface area contributed by atoms with Crippen molar-refractivity contribution >= 4 is 11.7 Å². The van der Waals surface area contributed by atoms with E-state index in [9.17, 15) is 14.9 Å². The smallest absolute Gasteiger partial charge is 0.390 e. The molecule has 1 rings (SSSR count). The Labute approximate surface area is 86.3 Å². The number of nitrogens with zero attached hydrogens (tertiary/aromatic N) is 4. The Hall–Kier alpha value is -1.79. The SMILES string of the molecule is CC(=O)CCCCn1cnc([N+](=O)[O-])n1. The third-order valence-electron chi connectivity index (χ3n) is 1.85. The molecule has 0 spiro atoms. The summed E-state index contributed by atoms with van der Waals surface area (Å²) in [6.07, 6.45) is 3.39. The maximum atomic E-state index is 10.6. The second kappa shape index (κ2) is 5.18. The highest BCUT2D eigenvalue weighted by Crippen LogP contribution is 2.03. The van der Waals surface area contributed by atoms with Crippen molar-refractivity contribution in [3.05, 3.63) is 16.4 Å². The van der Waals surface area contributed by atoms with Gasteiger partial charge in [-0.3, -0.25) is 0 Å². The minimum Gasteiger partial charge on any atom is -0.390 e. The molecule has 0 amide bonds. The Morgan fingerprint density at radius 3 is 2.87 bits per heavy atom. The summed E-state index contributed by atoms with van der Waals surface area (Å²) >= 11 is 0. The molecule has 1 aromatic rings. The van der Waals surface area contributed by atoms with E-state index in [0.717, 1.165) is 12.8 Å². The lowest BCUT2D eigenvalue weighted by Gasteiger charge is -1.95. The van der Waals surface area contributed by atoms with Gasteiger partial charge in [0.05, 0.1) is 6.54 Å². The Morgan fingerprint density at radius 2 is 2.33 bits per heavy atom. The molecule has 0 aliphatic carbocycles. The van der Waals surface area contributed by atoms with E-state index < -0.39 is 4.92 Å². The van der Waals surface area contributed by atoms with Gasteiger partial charge in [-0.05, 0) is 24.7 Å². The Bertz CT molecular complexity index is 361. The highest BCUT2D eigenvalue weighted by Gasteiger charge is 2.12. The van der Waals surface area contributed by atoms with Gasteiger partial charge in [-0.15, -0.1) is 0 Å². The van der Waals surface area contributed by atoms with Crippen molar-refractivity contribution in [2.75, 3.05) is 0 Å². The number of carbonyl (C=O) groups is 1. The second-order valence-corrected chi connectivity index (χ2v) is 3.22. The topological polar surface area (TPSA) is 90.9 Å². The van der Waals surface area contributed by atoms with Crippen LogP contribution in [-0.4, -0.2) is 25.5 Å². The molecule has 1 aromatic heterocycles. The first-order valence-electron chi connectivity index (χ1n) is 4.63. The van der Waals surface area contributed by atoms with Crippen molar-refractivity contribution < 1.29 is 9.72 Å². The molecular weight excluding hydrogens is 200 g/mol. The standard InChI is InChI=1S/C8H12N4O3/c1-7(13)4-2-3-5-11-6-9-8(10-11)12(14)15/h6H,2-5H2,1H3. The van der Waals surface area contributed by atoms with Crippen LogP contribution in [0.5, 0.6) is 0 Å². The number of hydrogen-bond acceptors (Lipinski definition) is 5. The fourth-order valence-electron chi connectivity index (χ4n) is 1.12. The summed E-state index contributed by atoms with van der Waals surface area (Å²) in [6, 6.07) is 0. The largest absolute Gasteiger partial charge is 0.490 e. The van der Waals surface area contributed by atoms with Gasteiger partial charge >= 0.3 is 5.95 Å². The minimum atomic E-state index is -0.633. The molecule has 0 unspecified atom stereocenters. The first kappa shape index (κ1) is 11.3. The van der Waals surface area contributed by atoms with Crippen LogP contribution in [0.1, 0.15) is 26.2 Å². The van der Waals surface area contributed by atoms with Crippen LogP contribution in [-0.2, 0) is 11.3 Å². The van der Waals surface area contributed by atoms with Crippen LogP contribution in [0.2, 0.25) is 0 Å². The molecule has 0 bridgehead atoms. The highest BCUT2D eigenvalue weighted by atomic mass is 16.6. The first-order valence-corrected chi connectivity index (χ1v) is 4.63. The summed E-state index contributed by atoms with van der Waals surface area (Å²) in [5, 5.41) is 13.9. The summed E-state index contributed by atoms with van der Waals surface area (Å²) in [7, 11) is 0. The van der Waals surface area contributed by atoms with Crippen molar-refractivity contribution in [3.8, 4) is 0 Å². The zero-order chi connectivity index (χ0) is 11.3. The third kappa shape index (κ3) is 3.84. The number of nitro groups is 1. The normalized spacial score (nSPS) is 10.2. The van der Waals surface area contributed by atoms with E-state index in [4.69, 9.17) is 0 Å². The summed E-state index contributed by atoms with van der Waals surface area (Å²) in [5.41, 5.74) is 0. The number of Topliss-reactive ketones (excluding diaryl/α,β-unsaturated/α-hetero) is 1. The molecule has 7 nitrogen and oxygen atoms in total. The molecule has 0 radical (unpaired) electrons. The van der Waals surface area contributed by atoms with E-state index in [0.29, 0.717) is 13.0 Å². The van der Waals surface area contributed by atoms with Gasteiger partial charge in [0.15, 0.2) is 0 Å². The second-order valence-electron chi connectivity index (χ2n) is 3.22. The number of hydrogen-bond donors (Lipinski definition) is 0. The molecular formula is C8H12N4O3. The minimum absolute atomic E-state index is 0.152. The quantitative estimate of drug-likeness (QED) is 0.397. The van der Waals surface area contributed by atoms with E-state index in [2.05, 4.69) is 10.1 Å². The molecule has 1 heterocycles.